The number of nitrogens with zero attached hydrogens (tertiary/aromatic N) is 6. The number of halogens is 5. The SMILES string of the molecule is CC(=O)NCCN1CCCC(C2CN(c3cnc4c(C(F)(F)F)nn(C(C)c5ccc(Cl)cc5Cl)c4n3)C2)C1. The van der Waals surface area contributed by atoms with Crippen LogP contribution in [0.4, 0.5) is 19.0 Å². The third kappa shape index (κ3) is 5.95. The van der Waals surface area contributed by atoms with Crippen molar-refractivity contribution in [2.75, 3.05) is 44.2 Å². The summed E-state index contributed by atoms with van der Waals surface area (Å²) in [6, 6.07) is 4.23. The second-order valence-electron chi connectivity index (χ2n) is 10.4. The van der Waals surface area contributed by atoms with Crippen molar-refractivity contribution in [3.05, 3.63) is 45.7 Å². The van der Waals surface area contributed by atoms with E-state index in [9.17, 15) is 18.0 Å². The molecule has 0 saturated carbocycles. The summed E-state index contributed by atoms with van der Waals surface area (Å²) in [6.45, 7) is 8.24. The molecular weight excluding hydrogens is 554 g/mol. The third-order valence-electron chi connectivity index (χ3n) is 7.68. The van der Waals surface area contributed by atoms with E-state index in [1.807, 2.05) is 0 Å². The summed E-state index contributed by atoms with van der Waals surface area (Å²) in [4.78, 5) is 24.4. The molecule has 2 unspecified atom stereocenters. The summed E-state index contributed by atoms with van der Waals surface area (Å²) >= 11 is 12.4. The quantitative estimate of drug-likeness (QED) is 0.419. The van der Waals surface area contributed by atoms with Gasteiger partial charge in [0, 0.05) is 49.7 Å². The molecule has 0 bridgehead atoms. The number of likely N-dealkylation sites (tertiary alicyclic amines) is 1. The van der Waals surface area contributed by atoms with Gasteiger partial charge in [-0.1, -0.05) is 29.3 Å². The van der Waals surface area contributed by atoms with E-state index in [1.54, 1.807) is 25.1 Å². The predicted octanol–water partition coefficient (Wildman–Crippen LogP) is 5.05. The lowest BCUT2D eigenvalue weighted by Gasteiger charge is -2.47. The van der Waals surface area contributed by atoms with Crippen LogP contribution < -0.4 is 10.2 Å². The van der Waals surface area contributed by atoms with Gasteiger partial charge < -0.3 is 15.1 Å². The van der Waals surface area contributed by atoms with Gasteiger partial charge in [-0.15, -0.1) is 0 Å². The first kappa shape index (κ1) is 27.9. The minimum Gasteiger partial charge on any atom is -0.355 e. The molecule has 8 nitrogen and oxygen atoms in total. The number of hydrogen-bond donors (Lipinski definition) is 1. The fraction of sp³-hybridized carbons (Fsp3) is 0.538. The van der Waals surface area contributed by atoms with Crippen LogP contribution in [0, 0.1) is 11.8 Å². The number of anilines is 1. The summed E-state index contributed by atoms with van der Waals surface area (Å²) in [5.74, 6) is 1.50. The Morgan fingerprint density at radius 3 is 2.67 bits per heavy atom. The van der Waals surface area contributed by atoms with Crippen molar-refractivity contribution in [2.45, 2.75) is 38.9 Å². The van der Waals surface area contributed by atoms with Gasteiger partial charge in [-0.05, 0) is 55.8 Å². The van der Waals surface area contributed by atoms with Gasteiger partial charge in [-0.3, -0.25) is 4.79 Å². The molecule has 1 amide bonds. The van der Waals surface area contributed by atoms with E-state index < -0.39 is 17.9 Å². The van der Waals surface area contributed by atoms with Crippen LogP contribution in [-0.4, -0.2) is 69.8 Å². The lowest BCUT2D eigenvalue weighted by Crippen LogP contribution is -2.54. The van der Waals surface area contributed by atoms with E-state index in [4.69, 9.17) is 23.2 Å². The summed E-state index contributed by atoms with van der Waals surface area (Å²) in [7, 11) is 0. The molecule has 0 aliphatic carbocycles. The molecule has 13 heteroatoms. The number of aromatic nitrogens is 4. The first-order valence-corrected chi connectivity index (χ1v) is 13.8. The van der Waals surface area contributed by atoms with E-state index in [2.05, 4.69) is 30.2 Å². The molecule has 1 N–H and O–H groups in total. The number of carbonyl (C=O) groups is 1. The average molecular weight is 584 g/mol. The number of nitrogens with one attached hydrogen (secondary N) is 1. The van der Waals surface area contributed by atoms with E-state index >= 15 is 0 Å². The van der Waals surface area contributed by atoms with Crippen LogP contribution in [0.3, 0.4) is 0 Å². The number of hydrogen-bond acceptors (Lipinski definition) is 6. The van der Waals surface area contributed by atoms with Crippen LogP contribution in [0.2, 0.25) is 10.0 Å². The molecule has 2 aliphatic rings. The number of amides is 1. The van der Waals surface area contributed by atoms with Gasteiger partial charge in [0.25, 0.3) is 0 Å². The monoisotopic (exact) mass is 583 g/mol. The minimum absolute atomic E-state index is 0.0226. The largest absolute Gasteiger partial charge is 0.437 e. The minimum atomic E-state index is -4.68. The molecule has 4 heterocycles. The van der Waals surface area contributed by atoms with Crippen molar-refractivity contribution in [3.8, 4) is 0 Å². The zero-order chi connectivity index (χ0) is 27.9. The Balaban J connectivity index is 1.34. The highest BCUT2D eigenvalue weighted by molar-refractivity contribution is 6.35. The van der Waals surface area contributed by atoms with Crippen LogP contribution in [0.5, 0.6) is 0 Å². The Morgan fingerprint density at radius 1 is 1.21 bits per heavy atom. The second kappa shape index (κ2) is 11.1. The smallest absolute Gasteiger partial charge is 0.355 e. The van der Waals surface area contributed by atoms with Gasteiger partial charge in [-0.25, -0.2) is 14.6 Å². The molecule has 3 aromatic rings. The van der Waals surface area contributed by atoms with E-state index in [-0.39, 0.29) is 17.1 Å². The van der Waals surface area contributed by atoms with Gasteiger partial charge in [0.05, 0.1) is 12.2 Å². The number of piperidine rings is 1. The molecule has 2 fully saturated rings. The summed E-state index contributed by atoms with van der Waals surface area (Å²) in [5.41, 5.74) is -0.724. The Hall–Kier alpha value is -2.63. The summed E-state index contributed by atoms with van der Waals surface area (Å²) < 4.78 is 42.8. The highest BCUT2D eigenvalue weighted by atomic mass is 35.5. The Labute approximate surface area is 234 Å². The fourth-order valence-electron chi connectivity index (χ4n) is 5.55. The van der Waals surface area contributed by atoms with E-state index in [0.29, 0.717) is 39.8 Å². The standard InChI is InChI=1S/C26H30Cl2F3N7O/c1-15(20-6-5-19(27)10-21(20)28)38-25-23(24(35-38)26(29,30)31)33-11-22(34-25)37-13-18(14-37)17-4-3-8-36(12-17)9-7-32-16(2)39/h5-6,10-11,15,17-18H,3-4,7-9,12-14H2,1-2H3,(H,32,39). The maximum Gasteiger partial charge on any atom is 0.437 e. The van der Waals surface area contributed by atoms with Crippen LogP contribution in [-0.2, 0) is 11.0 Å². The van der Waals surface area contributed by atoms with Crippen LogP contribution >= 0.6 is 23.2 Å². The van der Waals surface area contributed by atoms with Gasteiger partial charge in [0.2, 0.25) is 5.91 Å². The lowest BCUT2D eigenvalue weighted by molar-refractivity contribution is -0.140. The molecule has 210 valence electrons. The van der Waals surface area contributed by atoms with Crippen molar-refractivity contribution < 1.29 is 18.0 Å². The predicted molar refractivity (Wildman–Crippen MR) is 144 cm³/mol. The zero-order valence-corrected chi connectivity index (χ0v) is 23.2. The van der Waals surface area contributed by atoms with Crippen molar-refractivity contribution in [1.29, 1.82) is 0 Å². The first-order valence-electron chi connectivity index (χ1n) is 13.0. The average Bonchev–Trinajstić information content (AvgIpc) is 3.22. The molecule has 0 radical (unpaired) electrons. The van der Waals surface area contributed by atoms with Crippen LogP contribution in [0.15, 0.2) is 24.4 Å². The van der Waals surface area contributed by atoms with E-state index in [0.717, 1.165) is 45.6 Å². The second-order valence-corrected chi connectivity index (χ2v) is 11.2. The zero-order valence-electron chi connectivity index (χ0n) is 21.7. The summed E-state index contributed by atoms with van der Waals surface area (Å²) in [6.07, 6.45) is -1.03. The number of alkyl halides is 3. The molecule has 2 aliphatic heterocycles. The van der Waals surface area contributed by atoms with Crippen molar-refractivity contribution in [3.63, 3.8) is 0 Å². The Morgan fingerprint density at radius 2 is 1.97 bits per heavy atom. The van der Waals surface area contributed by atoms with Crippen molar-refractivity contribution >= 4 is 46.1 Å². The molecular formula is C26H30Cl2F3N7O. The van der Waals surface area contributed by atoms with Crippen molar-refractivity contribution in [2.24, 2.45) is 11.8 Å². The topological polar surface area (TPSA) is 79.2 Å². The number of carbonyl (C=O) groups excluding carboxylic acids is 1. The highest BCUT2D eigenvalue weighted by Crippen LogP contribution is 2.38. The summed E-state index contributed by atoms with van der Waals surface area (Å²) in [5, 5.41) is 7.52. The third-order valence-corrected chi connectivity index (χ3v) is 8.25. The van der Waals surface area contributed by atoms with Crippen LogP contribution in [0.1, 0.15) is 44.0 Å². The van der Waals surface area contributed by atoms with E-state index in [1.165, 1.54) is 17.8 Å². The molecule has 0 spiro atoms. The lowest BCUT2D eigenvalue weighted by atomic mass is 9.80. The molecule has 39 heavy (non-hydrogen) atoms. The molecule has 2 saturated heterocycles. The number of benzene rings is 1. The molecule has 1 aromatic carbocycles. The van der Waals surface area contributed by atoms with Crippen LogP contribution in [0.25, 0.3) is 11.2 Å². The van der Waals surface area contributed by atoms with Gasteiger partial charge >= 0.3 is 6.18 Å². The van der Waals surface area contributed by atoms with Gasteiger partial charge in [0.15, 0.2) is 11.3 Å². The maximum atomic E-state index is 13.8. The maximum absolute atomic E-state index is 13.8. The Bertz CT molecular complexity index is 1360. The number of rotatable bonds is 7. The normalized spacial score (nSPS) is 19.8. The highest BCUT2D eigenvalue weighted by Gasteiger charge is 2.40. The van der Waals surface area contributed by atoms with Gasteiger partial charge in [-0.2, -0.15) is 18.3 Å². The Kier molecular flexibility index (Phi) is 7.94. The first-order chi connectivity index (χ1) is 18.5. The molecule has 2 aromatic heterocycles. The fourth-order valence-corrected chi connectivity index (χ4v) is 6.12. The van der Waals surface area contributed by atoms with Crippen molar-refractivity contribution in [1.82, 2.24) is 30.0 Å². The van der Waals surface area contributed by atoms with Gasteiger partial charge in [0.1, 0.15) is 11.3 Å². The molecule has 5 rings (SSSR count). The molecule has 2 atom stereocenters. The number of fused-ring (bicyclic) bond motifs is 1.